The van der Waals surface area contributed by atoms with E-state index in [1.54, 1.807) is 0 Å². The van der Waals surface area contributed by atoms with E-state index in [0.29, 0.717) is 5.41 Å². The van der Waals surface area contributed by atoms with Crippen molar-refractivity contribution in [3.63, 3.8) is 0 Å². The van der Waals surface area contributed by atoms with E-state index in [9.17, 15) is 0 Å². The summed E-state index contributed by atoms with van der Waals surface area (Å²) in [6.45, 7) is 12.4. The lowest BCUT2D eigenvalue weighted by atomic mass is 9.76. The van der Waals surface area contributed by atoms with Crippen LogP contribution in [0.4, 0.5) is 0 Å². The van der Waals surface area contributed by atoms with E-state index in [1.807, 2.05) is 0 Å². The summed E-state index contributed by atoms with van der Waals surface area (Å²) >= 11 is 0. The standard InChI is InChI=1S/C17H34N2/c1-17(2,3)15-7-6-8-16(10-9-15)18-11-14-19-12-4-5-13-19/h15-16,18H,4-14H2,1-3H3. The second-order valence-electron chi connectivity index (χ2n) is 7.77. The molecule has 2 heteroatoms. The van der Waals surface area contributed by atoms with Gasteiger partial charge in [-0.05, 0) is 62.9 Å². The summed E-state index contributed by atoms with van der Waals surface area (Å²) in [5.74, 6) is 0.929. The predicted molar refractivity (Wildman–Crippen MR) is 83.5 cm³/mol. The van der Waals surface area contributed by atoms with Gasteiger partial charge in [-0.3, -0.25) is 0 Å². The summed E-state index contributed by atoms with van der Waals surface area (Å²) in [7, 11) is 0. The van der Waals surface area contributed by atoms with Gasteiger partial charge in [0.05, 0.1) is 0 Å². The molecule has 0 bridgehead atoms. The number of nitrogens with zero attached hydrogens (tertiary/aromatic N) is 1. The first kappa shape index (κ1) is 15.3. The molecular weight excluding hydrogens is 232 g/mol. The van der Waals surface area contributed by atoms with E-state index >= 15 is 0 Å². The van der Waals surface area contributed by atoms with Crippen LogP contribution in [0, 0.1) is 11.3 Å². The van der Waals surface area contributed by atoms with E-state index in [0.717, 1.165) is 12.0 Å². The maximum Gasteiger partial charge on any atom is 0.0107 e. The summed E-state index contributed by atoms with van der Waals surface area (Å²) < 4.78 is 0. The predicted octanol–water partition coefficient (Wildman–Crippen LogP) is 3.67. The molecule has 2 nitrogen and oxygen atoms in total. The van der Waals surface area contributed by atoms with Gasteiger partial charge in [0, 0.05) is 19.1 Å². The molecule has 0 aromatic rings. The molecule has 1 saturated carbocycles. The highest BCUT2D eigenvalue weighted by molar-refractivity contribution is 4.81. The molecular formula is C17H34N2. The van der Waals surface area contributed by atoms with Gasteiger partial charge in [-0.25, -0.2) is 0 Å². The summed E-state index contributed by atoms with van der Waals surface area (Å²) in [4.78, 5) is 2.61. The highest BCUT2D eigenvalue weighted by Gasteiger charge is 2.27. The number of hydrogen-bond donors (Lipinski definition) is 1. The molecule has 2 atom stereocenters. The van der Waals surface area contributed by atoms with Crippen LogP contribution >= 0.6 is 0 Å². The first-order chi connectivity index (χ1) is 9.05. The van der Waals surface area contributed by atoms with Crippen LogP contribution in [0.2, 0.25) is 0 Å². The average Bonchev–Trinajstić information content (AvgIpc) is 2.72. The van der Waals surface area contributed by atoms with Crippen molar-refractivity contribution in [2.45, 2.75) is 71.8 Å². The van der Waals surface area contributed by atoms with Crippen LogP contribution in [0.3, 0.4) is 0 Å². The average molecular weight is 266 g/mol. The fraction of sp³-hybridized carbons (Fsp3) is 1.00. The van der Waals surface area contributed by atoms with E-state index < -0.39 is 0 Å². The van der Waals surface area contributed by atoms with Gasteiger partial charge in [-0.15, -0.1) is 0 Å². The van der Waals surface area contributed by atoms with E-state index in [2.05, 4.69) is 31.0 Å². The lowest BCUT2D eigenvalue weighted by molar-refractivity contribution is 0.213. The van der Waals surface area contributed by atoms with Crippen LogP contribution < -0.4 is 5.32 Å². The number of rotatable bonds is 4. The Morgan fingerprint density at radius 2 is 1.68 bits per heavy atom. The second-order valence-corrected chi connectivity index (χ2v) is 7.77. The molecule has 1 N–H and O–H groups in total. The minimum Gasteiger partial charge on any atom is -0.313 e. The lowest BCUT2D eigenvalue weighted by Crippen LogP contribution is -2.36. The largest absolute Gasteiger partial charge is 0.313 e. The van der Waals surface area contributed by atoms with Crippen molar-refractivity contribution in [3.8, 4) is 0 Å². The molecule has 112 valence electrons. The Balaban J connectivity index is 1.65. The fourth-order valence-corrected chi connectivity index (χ4v) is 3.80. The summed E-state index contributed by atoms with van der Waals surface area (Å²) in [5, 5.41) is 3.82. The van der Waals surface area contributed by atoms with E-state index in [-0.39, 0.29) is 0 Å². The van der Waals surface area contributed by atoms with Gasteiger partial charge in [0.1, 0.15) is 0 Å². The monoisotopic (exact) mass is 266 g/mol. The van der Waals surface area contributed by atoms with Crippen molar-refractivity contribution in [1.29, 1.82) is 0 Å². The fourth-order valence-electron chi connectivity index (χ4n) is 3.80. The molecule has 1 aliphatic heterocycles. The number of hydrogen-bond acceptors (Lipinski definition) is 2. The SMILES string of the molecule is CC(C)(C)C1CCCC(NCCN2CCCC2)CC1. The van der Waals surface area contributed by atoms with Crippen molar-refractivity contribution >= 4 is 0 Å². The Morgan fingerprint density at radius 1 is 0.947 bits per heavy atom. The van der Waals surface area contributed by atoms with E-state index in [1.165, 1.54) is 71.1 Å². The van der Waals surface area contributed by atoms with Crippen molar-refractivity contribution < 1.29 is 0 Å². The minimum atomic E-state index is 0.504. The Bertz CT molecular complexity index is 250. The number of nitrogens with one attached hydrogen (secondary N) is 1. The first-order valence-electron chi connectivity index (χ1n) is 8.51. The molecule has 2 rings (SSSR count). The molecule has 0 spiro atoms. The summed E-state index contributed by atoms with van der Waals surface area (Å²) in [5.41, 5.74) is 0.504. The zero-order valence-corrected chi connectivity index (χ0v) is 13.4. The Morgan fingerprint density at radius 3 is 2.37 bits per heavy atom. The molecule has 1 heterocycles. The normalized spacial score (nSPS) is 30.5. The summed E-state index contributed by atoms with van der Waals surface area (Å²) in [6, 6.07) is 0.787. The zero-order valence-electron chi connectivity index (χ0n) is 13.4. The van der Waals surface area contributed by atoms with Gasteiger partial charge in [-0.2, -0.15) is 0 Å². The molecule has 0 aromatic carbocycles. The van der Waals surface area contributed by atoms with Crippen LogP contribution in [-0.4, -0.2) is 37.1 Å². The third-order valence-corrected chi connectivity index (χ3v) is 5.25. The Hall–Kier alpha value is -0.0800. The van der Waals surface area contributed by atoms with Gasteiger partial charge < -0.3 is 10.2 Å². The molecule has 0 amide bonds. The first-order valence-corrected chi connectivity index (χ1v) is 8.51. The van der Waals surface area contributed by atoms with Crippen LogP contribution in [0.25, 0.3) is 0 Å². The third-order valence-electron chi connectivity index (χ3n) is 5.25. The smallest absolute Gasteiger partial charge is 0.0107 e. The quantitative estimate of drug-likeness (QED) is 0.781. The van der Waals surface area contributed by atoms with Gasteiger partial charge in [-0.1, -0.05) is 27.2 Å². The maximum absolute atomic E-state index is 3.82. The third kappa shape index (κ3) is 5.07. The highest BCUT2D eigenvalue weighted by Crippen LogP contribution is 2.36. The molecule has 2 unspecified atom stereocenters. The molecule has 0 aromatic heterocycles. The Labute approximate surface area is 120 Å². The van der Waals surface area contributed by atoms with Crippen LogP contribution in [0.1, 0.15) is 65.7 Å². The van der Waals surface area contributed by atoms with Crippen LogP contribution in [0.5, 0.6) is 0 Å². The van der Waals surface area contributed by atoms with Crippen LogP contribution in [-0.2, 0) is 0 Å². The molecule has 2 aliphatic rings. The maximum atomic E-state index is 3.82. The molecule has 2 fully saturated rings. The van der Waals surface area contributed by atoms with Crippen molar-refractivity contribution in [1.82, 2.24) is 10.2 Å². The molecule has 1 saturated heterocycles. The zero-order chi connectivity index (χ0) is 13.7. The van der Waals surface area contributed by atoms with Crippen molar-refractivity contribution in [2.24, 2.45) is 11.3 Å². The van der Waals surface area contributed by atoms with Gasteiger partial charge >= 0.3 is 0 Å². The second kappa shape index (κ2) is 7.08. The molecule has 0 radical (unpaired) electrons. The van der Waals surface area contributed by atoms with Gasteiger partial charge in [0.15, 0.2) is 0 Å². The lowest BCUT2D eigenvalue weighted by Gasteiger charge is -2.29. The highest BCUT2D eigenvalue weighted by atomic mass is 15.2. The Kier molecular flexibility index (Phi) is 5.70. The van der Waals surface area contributed by atoms with Gasteiger partial charge in [0.25, 0.3) is 0 Å². The molecule has 19 heavy (non-hydrogen) atoms. The van der Waals surface area contributed by atoms with Crippen LogP contribution in [0.15, 0.2) is 0 Å². The van der Waals surface area contributed by atoms with Crippen molar-refractivity contribution in [2.75, 3.05) is 26.2 Å². The topological polar surface area (TPSA) is 15.3 Å². The summed E-state index contributed by atoms with van der Waals surface area (Å²) in [6.07, 6.45) is 9.89. The minimum absolute atomic E-state index is 0.504. The van der Waals surface area contributed by atoms with Gasteiger partial charge in [0.2, 0.25) is 0 Å². The van der Waals surface area contributed by atoms with Crippen molar-refractivity contribution in [3.05, 3.63) is 0 Å². The number of likely N-dealkylation sites (tertiary alicyclic amines) is 1. The van der Waals surface area contributed by atoms with E-state index in [4.69, 9.17) is 0 Å². The molecule has 1 aliphatic carbocycles.